The molecule has 2 amide bonds. The van der Waals surface area contributed by atoms with Gasteiger partial charge in [0.1, 0.15) is 48.3 Å². The molecule has 20 heteroatoms. The molecule has 0 spiro atoms. The third-order valence-corrected chi connectivity index (χ3v) is 11.3. The van der Waals surface area contributed by atoms with Gasteiger partial charge in [-0.05, 0) is 42.0 Å². The van der Waals surface area contributed by atoms with E-state index in [4.69, 9.17) is 53.1 Å². The molecule has 4 N–H and O–H groups in total. The number of carbonyl (C=O) groups excluding carboxylic acids is 6. The number of rotatable bonds is 21. The molecule has 2 fully saturated rings. The SMILES string of the molecule is COc1ccc(S[C@@H]2OC(COCc3ccccc3)[C@H](OC(C)=O)[C@H](OC/C=C/CO[C@@H]3C(NC(=O)c4ccccc4N)C(OC(C)=O)OC(COC(C)=O)[C@@H]3OC(C)=O)C2NC(C)=O)cc1. The van der Waals surface area contributed by atoms with Crippen LogP contribution in [0.4, 0.5) is 5.69 Å². The van der Waals surface area contributed by atoms with Crippen LogP contribution in [0.1, 0.15) is 50.5 Å². The van der Waals surface area contributed by atoms with Gasteiger partial charge in [-0.3, -0.25) is 28.8 Å². The highest BCUT2D eigenvalue weighted by Crippen LogP contribution is 2.37. The van der Waals surface area contributed by atoms with Crippen LogP contribution in [0.25, 0.3) is 0 Å². The van der Waals surface area contributed by atoms with Gasteiger partial charge in [-0.1, -0.05) is 66.4 Å². The number of methoxy groups -OCH3 is 1. The van der Waals surface area contributed by atoms with E-state index in [0.29, 0.717) is 5.75 Å². The predicted octanol–water partition coefficient (Wildman–Crippen LogP) is 3.66. The van der Waals surface area contributed by atoms with Crippen molar-refractivity contribution in [2.24, 2.45) is 0 Å². The summed E-state index contributed by atoms with van der Waals surface area (Å²) in [4.78, 5) is 76.6. The first kappa shape index (κ1) is 51.9. The van der Waals surface area contributed by atoms with E-state index in [9.17, 15) is 28.8 Å². The molecule has 0 radical (unpaired) electrons. The maximum Gasteiger partial charge on any atom is 0.305 e. The van der Waals surface area contributed by atoms with Crippen molar-refractivity contribution in [3.63, 3.8) is 0 Å². The first-order valence-corrected chi connectivity index (χ1v) is 22.2. The van der Waals surface area contributed by atoms with Crippen molar-refractivity contribution < 1.29 is 76.1 Å². The molecule has 19 nitrogen and oxygen atoms in total. The van der Waals surface area contributed by atoms with Gasteiger partial charge in [-0.15, -0.1) is 0 Å². The van der Waals surface area contributed by atoms with Crippen LogP contribution in [-0.4, -0.2) is 130 Å². The van der Waals surface area contributed by atoms with E-state index in [1.54, 1.807) is 43.5 Å². The number of ether oxygens (including phenoxy) is 10. The zero-order chi connectivity index (χ0) is 48.5. The van der Waals surface area contributed by atoms with E-state index in [1.165, 1.54) is 44.7 Å². The lowest BCUT2D eigenvalue weighted by Crippen LogP contribution is -2.66. The fourth-order valence-corrected chi connectivity index (χ4v) is 8.43. The third-order valence-electron chi connectivity index (χ3n) is 10.1. The van der Waals surface area contributed by atoms with Gasteiger partial charge in [-0.2, -0.15) is 0 Å². The van der Waals surface area contributed by atoms with Crippen molar-refractivity contribution >= 4 is 53.1 Å². The maximum absolute atomic E-state index is 13.7. The Labute approximate surface area is 392 Å². The van der Waals surface area contributed by atoms with Crippen molar-refractivity contribution in [2.75, 3.05) is 39.3 Å². The molecule has 0 aromatic heterocycles. The number of hydrogen-bond acceptors (Lipinski definition) is 18. The number of anilines is 1. The highest BCUT2D eigenvalue weighted by molar-refractivity contribution is 7.99. The van der Waals surface area contributed by atoms with Crippen molar-refractivity contribution in [1.29, 1.82) is 0 Å². The van der Waals surface area contributed by atoms with Gasteiger partial charge in [0, 0.05) is 45.2 Å². The highest BCUT2D eigenvalue weighted by atomic mass is 32.2. The summed E-state index contributed by atoms with van der Waals surface area (Å²) in [5.41, 5.74) is 6.50. The van der Waals surface area contributed by atoms with E-state index < -0.39 is 96.8 Å². The summed E-state index contributed by atoms with van der Waals surface area (Å²) < 4.78 is 59.1. The van der Waals surface area contributed by atoms with E-state index in [2.05, 4.69) is 10.6 Å². The lowest BCUT2D eigenvalue weighted by molar-refractivity contribution is -0.272. The molecule has 2 saturated heterocycles. The van der Waals surface area contributed by atoms with E-state index in [0.717, 1.165) is 24.3 Å². The Morgan fingerprint density at radius 2 is 1.24 bits per heavy atom. The molecule has 3 aromatic rings. The monoisotopic (exact) mass is 951 g/mol. The summed E-state index contributed by atoms with van der Waals surface area (Å²) in [7, 11) is 1.56. The smallest absolute Gasteiger partial charge is 0.305 e. The van der Waals surface area contributed by atoms with Crippen LogP contribution in [0.5, 0.6) is 5.75 Å². The summed E-state index contributed by atoms with van der Waals surface area (Å²) in [5, 5.41) is 5.70. The summed E-state index contributed by atoms with van der Waals surface area (Å²) in [5.74, 6) is -3.22. The molecular weight excluding hydrogens is 895 g/mol. The average molecular weight is 952 g/mol. The van der Waals surface area contributed by atoms with Gasteiger partial charge < -0.3 is 63.7 Å². The molecule has 5 unspecified atom stereocenters. The number of hydrogen-bond donors (Lipinski definition) is 3. The van der Waals surface area contributed by atoms with Crippen LogP contribution in [-0.2, 0) is 73.2 Å². The second-order valence-electron chi connectivity index (χ2n) is 15.3. The Kier molecular flexibility index (Phi) is 20.0. The number of esters is 4. The Morgan fingerprint density at radius 1 is 0.657 bits per heavy atom. The van der Waals surface area contributed by atoms with Crippen LogP contribution < -0.4 is 21.1 Å². The molecule has 0 saturated carbocycles. The number of thioether (sulfide) groups is 1. The van der Waals surface area contributed by atoms with Crippen molar-refractivity contribution in [3.05, 3.63) is 102 Å². The van der Waals surface area contributed by atoms with Crippen molar-refractivity contribution in [1.82, 2.24) is 10.6 Å². The van der Waals surface area contributed by atoms with Gasteiger partial charge in [0.05, 0.1) is 45.1 Å². The van der Waals surface area contributed by atoms with Gasteiger partial charge in [0.2, 0.25) is 12.2 Å². The molecule has 5 rings (SSSR count). The number of carbonyl (C=O) groups is 6. The molecule has 10 atom stereocenters. The Balaban J connectivity index is 1.41. The summed E-state index contributed by atoms with van der Waals surface area (Å²) in [6.45, 7) is 5.57. The van der Waals surface area contributed by atoms with Crippen LogP contribution in [0.2, 0.25) is 0 Å². The summed E-state index contributed by atoms with van der Waals surface area (Å²) >= 11 is 1.32. The highest BCUT2D eigenvalue weighted by Gasteiger charge is 2.52. The minimum absolute atomic E-state index is 0.00119. The zero-order valence-electron chi connectivity index (χ0n) is 38.0. The quantitative estimate of drug-likeness (QED) is 0.0597. The minimum atomic E-state index is -1.51. The first-order valence-electron chi connectivity index (χ1n) is 21.3. The molecular formula is C47H57N3O16S. The molecule has 67 heavy (non-hydrogen) atoms. The molecule has 2 aliphatic heterocycles. The van der Waals surface area contributed by atoms with Crippen LogP contribution in [0.15, 0.2) is 95.9 Å². The predicted molar refractivity (Wildman–Crippen MR) is 240 cm³/mol. The Bertz CT molecular complexity index is 2160. The lowest BCUT2D eigenvalue weighted by atomic mass is 9.95. The number of nitrogen functional groups attached to an aromatic ring is 1. The molecule has 0 bridgehead atoms. The second kappa shape index (κ2) is 25.8. The average Bonchev–Trinajstić information content (AvgIpc) is 3.27. The zero-order valence-corrected chi connectivity index (χ0v) is 38.8. The van der Waals surface area contributed by atoms with Crippen molar-refractivity contribution in [3.8, 4) is 5.75 Å². The van der Waals surface area contributed by atoms with Gasteiger partial charge in [0.25, 0.3) is 5.91 Å². The first-order chi connectivity index (χ1) is 32.1. The normalized spacial score (nSPS) is 24.7. The van der Waals surface area contributed by atoms with Gasteiger partial charge in [-0.25, -0.2) is 0 Å². The van der Waals surface area contributed by atoms with Crippen molar-refractivity contribution in [2.45, 2.75) is 107 Å². The van der Waals surface area contributed by atoms with Gasteiger partial charge >= 0.3 is 23.9 Å². The lowest BCUT2D eigenvalue weighted by Gasteiger charge is -2.45. The molecule has 2 aliphatic rings. The van der Waals surface area contributed by atoms with Crippen LogP contribution in [0.3, 0.4) is 0 Å². The second-order valence-corrected chi connectivity index (χ2v) is 16.5. The topological polar surface area (TPSA) is 245 Å². The summed E-state index contributed by atoms with van der Waals surface area (Å²) in [6, 6.07) is 20.9. The fourth-order valence-electron chi connectivity index (χ4n) is 7.30. The number of nitrogens with one attached hydrogen (secondary N) is 2. The Morgan fingerprint density at radius 3 is 1.81 bits per heavy atom. The molecule has 3 aromatic carbocycles. The van der Waals surface area contributed by atoms with E-state index >= 15 is 0 Å². The van der Waals surface area contributed by atoms with Crippen LogP contribution >= 0.6 is 11.8 Å². The fraction of sp³-hybridized carbons (Fsp3) is 0.447. The maximum atomic E-state index is 13.7. The largest absolute Gasteiger partial charge is 0.497 e. The standard InChI is InChI=1S/C47H57N3O16S/c1-27(51)49-40-44(41(62-29(3)53)37(25-58-24-32-14-8-7-9-15-32)66-47(40)67-34-20-18-33(57-6)19-21-34)60-23-13-12-22-59-43-39(50-45(56)35-16-10-11-17-36(35)48)46(64-31(5)55)65-38(26-61-28(2)52)42(43)63-30(4)54/h7-21,37-44,46-47H,22-26,48H2,1-6H3,(H,49,51)(H,50,56)/b13-12+/t37?,38?,39?,40?,41-,42-,43+,44+,46?,47-/m0/s1. The Hall–Kier alpha value is -6.03. The molecule has 362 valence electrons. The third kappa shape index (κ3) is 15.8. The van der Waals surface area contributed by atoms with E-state index in [-0.39, 0.29) is 43.6 Å². The molecule has 2 heterocycles. The number of para-hydroxylation sites is 1. The van der Waals surface area contributed by atoms with Gasteiger partial charge in [0.15, 0.2) is 12.2 Å². The van der Waals surface area contributed by atoms with E-state index in [1.807, 2.05) is 42.5 Å². The number of nitrogens with two attached hydrogens (primary N) is 1. The number of benzene rings is 3. The molecule has 0 aliphatic carbocycles. The summed E-state index contributed by atoms with van der Waals surface area (Å²) in [6.07, 6.45) is -5.00. The van der Waals surface area contributed by atoms with Crippen LogP contribution in [0, 0.1) is 0 Å². The number of amides is 2. The minimum Gasteiger partial charge on any atom is -0.497 e.